The van der Waals surface area contributed by atoms with Crippen molar-refractivity contribution in [1.82, 2.24) is 14.9 Å². The highest BCUT2D eigenvalue weighted by atomic mass is 16.5. The number of likely N-dealkylation sites (tertiary alicyclic amines) is 1. The molecule has 4 rings (SSSR count). The Labute approximate surface area is 170 Å². The number of aromatic amines is 1. The molecule has 1 amide bonds. The second kappa shape index (κ2) is 8.92. The van der Waals surface area contributed by atoms with Crippen LogP contribution in [0.5, 0.6) is 11.5 Å². The van der Waals surface area contributed by atoms with Crippen molar-refractivity contribution < 1.29 is 9.53 Å². The summed E-state index contributed by atoms with van der Waals surface area (Å²) in [7, 11) is 0. The lowest BCUT2D eigenvalue weighted by molar-refractivity contribution is -0.121. The van der Waals surface area contributed by atoms with Gasteiger partial charge in [-0.1, -0.05) is 18.2 Å². The van der Waals surface area contributed by atoms with Crippen molar-refractivity contribution in [2.24, 2.45) is 0 Å². The van der Waals surface area contributed by atoms with Crippen molar-refractivity contribution in [3.63, 3.8) is 0 Å². The summed E-state index contributed by atoms with van der Waals surface area (Å²) in [4.78, 5) is 22.6. The topological polar surface area (TPSA) is 70.2 Å². The Hall–Kier alpha value is -3.12. The molecular weight excluding hydrogens is 364 g/mol. The molecule has 0 aliphatic carbocycles. The smallest absolute Gasteiger partial charge is 0.241 e. The highest BCUT2D eigenvalue weighted by Gasteiger charge is 2.29. The second-order valence-corrected chi connectivity index (χ2v) is 7.41. The van der Waals surface area contributed by atoms with Crippen LogP contribution in [0.2, 0.25) is 0 Å². The first kappa shape index (κ1) is 19.2. The Bertz CT molecular complexity index is 910. The molecule has 3 aromatic rings. The van der Waals surface area contributed by atoms with E-state index < -0.39 is 0 Å². The van der Waals surface area contributed by atoms with Gasteiger partial charge in [0.2, 0.25) is 5.91 Å². The molecule has 0 radical (unpaired) electrons. The highest BCUT2D eigenvalue weighted by Crippen LogP contribution is 2.26. The zero-order valence-electron chi connectivity index (χ0n) is 16.5. The third-order valence-electron chi connectivity index (χ3n) is 5.39. The van der Waals surface area contributed by atoms with Gasteiger partial charge in [-0.3, -0.25) is 9.69 Å². The summed E-state index contributed by atoms with van der Waals surface area (Å²) >= 11 is 0. The van der Waals surface area contributed by atoms with Crippen LogP contribution in [-0.2, 0) is 4.79 Å². The zero-order chi connectivity index (χ0) is 20.1. The molecule has 0 spiro atoms. The molecule has 2 heterocycles. The fraction of sp³-hybridized carbons (Fsp3) is 0.304. The molecule has 0 saturated carbocycles. The number of hydrogen-bond donors (Lipinski definition) is 2. The molecule has 1 aliphatic rings. The summed E-state index contributed by atoms with van der Waals surface area (Å²) in [6, 6.07) is 16.9. The molecule has 1 aromatic heterocycles. The van der Waals surface area contributed by atoms with Gasteiger partial charge in [-0.2, -0.15) is 0 Å². The number of anilines is 1. The summed E-state index contributed by atoms with van der Waals surface area (Å²) in [5.74, 6) is 2.88. The third-order valence-corrected chi connectivity index (χ3v) is 5.39. The number of piperidine rings is 1. The van der Waals surface area contributed by atoms with E-state index in [2.05, 4.69) is 20.2 Å². The molecule has 6 heteroatoms. The molecule has 6 nitrogen and oxygen atoms in total. The molecule has 1 fully saturated rings. The lowest BCUT2D eigenvalue weighted by atomic mass is 9.96. The minimum Gasteiger partial charge on any atom is -0.457 e. The first-order valence-corrected chi connectivity index (χ1v) is 10.1. The van der Waals surface area contributed by atoms with Crippen molar-refractivity contribution >= 4 is 11.6 Å². The molecule has 2 atom stereocenters. The fourth-order valence-corrected chi connectivity index (χ4v) is 3.73. The van der Waals surface area contributed by atoms with Crippen LogP contribution in [-0.4, -0.2) is 39.9 Å². The first-order chi connectivity index (χ1) is 14.2. The van der Waals surface area contributed by atoms with E-state index in [1.54, 1.807) is 6.20 Å². The van der Waals surface area contributed by atoms with E-state index >= 15 is 0 Å². The minimum atomic E-state index is -0.201. The van der Waals surface area contributed by atoms with Gasteiger partial charge in [-0.25, -0.2) is 4.98 Å². The van der Waals surface area contributed by atoms with E-state index in [4.69, 9.17) is 4.74 Å². The number of benzene rings is 2. The maximum atomic E-state index is 12.8. The number of amides is 1. The fourth-order valence-electron chi connectivity index (χ4n) is 3.73. The van der Waals surface area contributed by atoms with Gasteiger partial charge in [-0.15, -0.1) is 0 Å². The van der Waals surface area contributed by atoms with Crippen LogP contribution in [0, 0.1) is 0 Å². The average molecular weight is 390 g/mol. The molecule has 0 bridgehead atoms. The number of rotatable bonds is 6. The van der Waals surface area contributed by atoms with E-state index in [1.165, 1.54) is 0 Å². The largest absolute Gasteiger partial charge is 0.457 e. The van der Waals surface area contributed by atoms with Crippen molar-refractivity contribution in [2.75, 3.05) is 18.4 Å². The zero-order valence-corrected chi connectivity index (χ0v) is 16.5. The number of carbonyl (C=O) groups excluding carboxylic acids is 1. The van der Waals surface area contributed by atoms with Gasteiger partial charge in [-0.05, 0) is 62.7 Å². The van der Waals surface area contributed by atoms with Crippen LogP contribution < -0.4 is 10.1 Å². The Morgan fingerprint density at radius 2 is 1.93 bits per heavy atom. The van der Waals surface area contributed by atoms with Gasteiger partial charge < -0.3 is 15.0 Å². The number of aromatic nitrogens is 2. The van der Waals surface area contributed by atoms with Crippen molar-refractivity contribution in [2.45, 2.75) is 31.7 Å². The standard InChI is InChI=1S/C23H26N4O2/c1-17(27-15-5-6-18(16-27)22-24-13-14-25-22)23(28)26-19-9-11-21(12-10-19)29-20-7-3-2-4-8-20/h2-4,7-14,17-18H,5-6,15-16H2,1H3,(H,24,25)(H,26,28)/t17-,18-/m0/s1. The molecule has 1 saturated heterocycles. The number of nitrogens with zero attached hydrogens (tertiary/aromatic N) is 2. The normalized spacial score (nSPS) is 18.2. The summed E-state index contributed by atoms with van der Waals surface area (Å²) in [5.41, 5.74) is 0.766. The van der Waals surface area contributed by atoms with Gasteiger partial charge in [0.25, 0.3) is 0 Å². The minimum absolute atomic E-state index is 0.00169. The van der Waals surface area contributed by atoms with Crippen LogP contribution in [0.3, 0.4) is 0 Å². The number of nitrogens with one attached hydrogen (secondary N) is 2. The van der Waals surface area contributed by atoms with Gasteiger partial charge in [0, 0.05) is 30.5 Å². The Kier molecular flexibility index (Phi) is 5.91. The van der Waals surface area contributed by atoms with Gasteiger partial charge in [0.05, 0.1) is 6.04 Å². The predicted molar refractivity (Wildman–Crippen MR) is 113 cm³/mol. The number of para-hydroxylation sites is 1. The van der Waals surface area contributed by atoms with Crippen LogP contribution in [0.25, 0.3) is 0 Å². The molecular formula is C23H26N4O2. The van der Waals surface area contributed by atoms with Crippen LogP contribution >= 0.6 is 0 Å². The molecule has 2 aromatic carbocycles. The molecule has 150 valence electrons. The highest BCUT2D eigenvalue weighted by molar-refractivity contribution is 5.94. The van der Waals surface area contributed by atoms with Crippen molar-refractivity contribution in [1.29, 1.82) is 0 Å². The summed E-state index contributed by atoms with van der Waals surface area (Å²) in [6.07, 6.45) is 5.81. The maximum Gasteiger partial charge on any atom is 0.241 e. The van der Waals surface area contributed by atoms with E-state index in [0.29, 0.717) is 5.92 Å². The van der Waals surface area contributed by atoms with E-state index in [1.807, 2.05) is 67.7 Å². The van der Waals surface area contributed by atoms with Crippen molar-refractivity contribution in [3.8, 4) is 11.5 Å². The van der Waals surface area contributed by atoms with Gasteiger partial charge in [0.15, 0.2) is 0 Å². The second-order valence-electron chi connectivity index (χ2n) is 7.41. The average Bonchev–Trinajstić information content (AvgIpc) is 3.30. The van der Waals surface area contributed by atoms with E-state index in [-0.39, 0.29) is 11.9 Å². The predicted octanol–water partition coefficient (Wildman–Crippen LogP) is 4.41. The van der Waals surface area contributed by atoms with Crippen LogP contribution in [0.4, 0.5) is 5.69 Å². The van der Waals surface area contributed by atoms with Gasteiger partial charge >= 0.3 is 0 Å². The molecule has 2 N–H and O–H groups in total. The Morgan fingerprint density at radius 3 is 2.66 bits per heavy atom. The molecule has 0 unspecified atom stereocenters. The third kappa shape index (κ3) is 4.84. The van der Waals surface area contributed by atoms with Crippen molar-refractivity contribution in [3.05, 3.63) is 72.8 Å². The van der Waals surface area contributed by atoms with Crippen LogP contribution in [0.15, 0.2) is 67.0 Å². The quantitative estimate of drug-likeness (QED) is 0.654. The lowest BCUT2D eigenvalue weighted by Gasteiger charge is -2.35. The Balaban J connectivity index is 1.33. The van der Waals surface area contributed by atoms with E-state index in [9.17, 15) is 4.79 Å². The number of carbonyl (C=O) groups is 1. The molecule has 29 heavy (non-hydrogen) atoms. The SMILES string of the molecule is C[C@@H](C(=O)Nc1ccc(Oc2ccccc2)cc1)N1CCC[C@H](c2ncc[nH]2)C1. The van der Waals surface area contributed by atoms with E-state index in [0.717, 1.165) is 48.9 Å². The number of H-pyrrole nitrogens is 1. The molecule has 1 aliphatic heterocycles. The first-order valence-electron chi connectivity index (χ1n) is 10.1. The lowest BCUT2D eigenvalue weighted by Crippen LogP contribution is -2.46. The number of hydrogen-bond acceptors (Lipinski definition) is 4. The Morgan fingerprint density at radius 1 is 1.17 bits per heavy atom. The number of imidazole rings is 1. The monoisotopic (exact) mass is 390 g/mol. The van der Waals surface area contributed by atoms with Crippen LogP contribution in [0.1, 0.15) is 31.5 Å². The summed E-state index contributed by atoms with van der Waals surface area (Å²) < 4.78 is 5.80. The van der Waals surface area contributed by atoms with Gasteiger partial charge in [0.1, 0.15) is 17.3 Å². The summed E-state index contributed by atoms with van der Waals surface area (Å²) in [5, 5.41) is 3.02. The summed E-state index contributed by atoms with van der Waals surface area (Å²) in [6.45, 7) is 3.73. The maximum absolute atomic E-state index is 12.8. The number of ether oxygens (including phenoxy) is 1.